The van der Waals surface area contributed by atoms with E-state index in [4.69, 9.17) is 9.47 Å². The monoisotopic (exact) mass is 397 g/mol. The Kier molecular flexibility index (Phi) is 5.80. The van der Waals surface area contributed by atoms with Crippen molar-refractivity contribution >= 4 is 11.9 Å². The molecule has 154 valence electrons. The number of hydrogen-bond donors (Lipinski definition) is 1. The Bertz CT molecular complexity index is 865. The van der Waals surface area contributed by atoms with Crippen LogP contribution in [0.4, 0.5) is 5.95 Å². The Hall–Kier alpha value is -2.87. The minimum absolute atomic E-state index is 0.149. The van der Waals surface area contributed by atoms with E-state index in [1.165, 1.54) is 5.56 Å². The molecule has 0 spiro atoms. The molecular weight excluding hydrogens is 370 g/mol. The third-order valence-electron chi connectivity index (χ3n) is 5.04. The Morgan fingerprint density at radius 1 is 1.14 bits per heavy atom. The molecule has 1 aromatic carbocycles. The lowest BCUT2D eigenvalue weighted by atomic mass is 10.1. The zero-order valence-corrected chi connectivity index (χ0v) is 16.9. The number of piperazine rings is 1. The van der Waals surface area contributed by atoms with E-state index in [0.29, 0.717) is 30.9 Å². The van der Waals surface area contributed by atoms with E-state index in [2.05, 4.69) is 51.1 Å². The molecule has 8 heteroatoms. The van der Waals surface area contributed by atoms with Gasteiger partial charge in [0.1, 0.15) is 5.69 Å². The zero-order valence-electron chi connectivity index (χ0n) is 16.9. The summed E-state index contributed by atoms with van der Waals surface area (Å²) in [6.45, 7) is 9.38. The molecule has 0 saturated carbocycles. The number of amides is 1. The maximum absolute atomic E-state index is 12.3. The van der Waals surface area contributed by atoms with Crippen LogP contribution in [0.15, 0.2) is 30.5 Å². The predicted molar refractivity (Wildman–Crippen MR) is 109 cm³/mol. The second-order valence-corrected chi connectivity index (χ2v) is 7.80. The molecule has 2 aliphatic heterocycles. The van der Waals surface area contributed by atoms with Gasteiger partial charge >= 0.3 is 0 Å². The number of benzene rings is 1. The van der Waals surface area contributed by atoms with Crippen LogP contribution in [0.25, 0.3) is 0 Å². The maximum atomic E-state index is 12.3. The minimum atomic E-state index is -0.149. The van der Waals surface area contributed by atoms with Gasteiger partial charge in [-0.2, -0.15) is 0 Å². The molecule has 2 aliphatic rings. The Labute approximate surface area is 170 Å². The van der Waals surface area contributed by atoms with Crippen LogP contribution in [0.3, 0.4) is 0 Å². The van der Waals surface area contributed by atoms with E-state index in [9.17, 15) is 4.79 Å². The highest BCUT2D eigenvalue weighted by atomic mass is 16.7. The fourth-order valence-corrected chi connectivity index (χ4v) is 3.42. The van der Waals surface area contributed by atoms with Crippen LogP contribution in [-0.4, -0.2) is 60.3 Å². The third kappa shape index (κ3) is 4.76. The van der Waals surface area contributed by atoms with Crippen LogP contribution < -0.4 is 19.7 Å². The number of nitrogens with zero attached hydrogens (tertiary/aromatic N) is 4. The van der Waals surface area contributed by atoms with Gasteiger partial charge in [-0.1, -0.05) is 19.9 Å². The lowest BCUT2D eigenvalue weighted by molar-refractivity contribution is 0.0944. The van der Waals surface area contributed by atoms with Gasteiger partial charge in [0.2, 0.25) is 12.7 Å². The number of fused-ring (bicyclic) bond motifs is 1. The molecule has 2 aromatic rings. The lowest BCUT2D eigenvalue weighted by Crippen LogP contribution is -2.46. The highest BCUT2D eigenvalue weighted by Crippen LogP contribution is 2.32. The number of aromatic nitrogens is 2. The molecule has 4 rings (SSSR count). The third-order valence-corrected chi connectivity index (χ3v) is 5.04. The standard InChI is InChI=1S/C21H27N5O3/c1-15(2)12-23-20(27)17-5-6-22-21(24-17)26-9-7-25(8-10-26)13-16-3-4-18-19(11-16)29-14-28-18/h3-6,11,15H,7-10,12-14H2,1-2H3,(H,23,27). The van der Waals surface area contributed by atoms with Gasteiger partial charge in [-0.15, -0.1) is 0 Å². The SMILES string of the molecule is CC(C)CNC(=O)c1ccnc(N2CCN(Cc3ccc4c(c3)OCO4)CC2)n1. The number of anilines is 1. The van der Waals surface area contributed by atoms with Gasteiger partial charge in [0.05, 0.1) is 0 Å². The van der Waals surface area contributed by atoms with Crippen molar-refractivity contribution in [2.24, 2.45) is 5.92 Å². The topological polar surface area (TPSA) is 79.8 Å². The van der Waals surface area contributed by atoms with Gasteiger partial charge in [-0.3, -0.25) is 9.69 Å². The fraction of sp³-hybridized carbons (Fsp3) is 0.476. The minimum Gasteiger partial charge on any atom is -0.454 e. The van der Waals surface area contributed by atoms with E-state index in [0.717, 1.165) is 44.2 Å². The summed E-state index contributed by atoms with van der Waals surface area (Å²) in [5.41, 5.74) is 1.63. The predicted octanol–water partition coefficient (Wildman–Crippen LogP) is 1.91. The summed E-state index contributed by atoms with van der Waals surface area (Å²) >= 11 is 0. The van der Waals surface area contributed by atoms with Crippen molar-refractivity contribution in [1.29, 1.82) is 0 Å². The first-order valence-corrected chi connectivity index (χ1v) is 10.1. The van der Waals surface area contributed by atoms with Crippen LogP contribution in [-0.2, 0) is 6.54 Å². The fourth-order valence-electron chi connectivity index (χ4n) is 3.42. The maximum Gasteiger partial charge on any atom is 0.270 e. The molecule has 1 amide bonds. The Balaban J connectivity index is 1.32. The van der Waals surface area contributed by atoms with Crippen LogP contribution in [0.2, 0.25) is 0 Å². The molecule has 1 N–H and O–H groups in total. The Morgan fingerprint density at radius 3 is 2.72 bits per heavy atom. The number of nitrogens with one attached hydrogen (secondary N) is 1. The summed E-state index contributed by atoms with van der Waals surface area (Å²) < 4.78 is 10.8. The summed E-state index contributed by atoms with van der Waals surface area (Å²) in [5.74, 6) is 2.50. The molecule has 0 unspecified atom stereocenters. The molecule has 8 nitrogen and oxygen atoms in total. The second kappa shape index (κ2) is 8.65. The van der Waals surface area contributed by atoms with Crippen molar-refractivity contribution < 1.29 is 14.3 Å². The smallest absolute Gasteiger partial charge is 0.270 e. The molecule has 0 bridgehead atoms. The number of rotatable bonds is 6. The van der Waals surface area contributed by atoms with Crippen molar-refractivity contribution in [3.63, 3.8) is 0 Å². The number of carbonyl (C=O) groups excluding carboxylic acids is 1. The van der Waals surface area contributed by atoms with Gasteiger partial charge in [0.15, 0.2) is 11.5 Å². The van der Waals surface area contributed by atoms with Crippen molar-refractivity contribution in [2.45, 2.75) is 20.4 Å². The summed E-state index contributed by atoms with van der Waals surface area (Å²) in [5, 5.41) is 2.91. The van der Waals surface area contributed by atoms with Crippen LogP contribution in [0, 0.1) is 5.92 Å². The van der Waals surface area contributed by atoms with Crippen molar-refractivity contribution in [3.8, 4) is 11.5 Å². The molecule has 1 saturated heterocycles. The van der Waals surface area contributed by atoms with Gasteiger partial charge < -0.3 is 19.7 Å². The van der Waals surface area contributed by atoms with Crippen LogP contribution in [0.5, 0.6) is 11.5 Å². The molecule has 3 heterocycles. The highest BCUT2D eigenvalue weighted by molar-refractivity contribution is 5.92. The first-order chi connectivity index (χ1) is 14.1. The van der Waals surface area contributed by atoms with Crippen molar-refractivity contribution in [1.82, 2.24) is 20.2 Å². The van der Waals surface area contributed by atoms with E-state index < -0.39 is 0 Å². The lowest BCUT2D eigenvalue weighted by Gasteiger charge is -2.34. The van der Waals surface area contributed by atoms with E-state index >= 15 is 0 Å². The Morgan fingerprint density at radius 2 is 1.93 bits per heavy atom. The molecule has 1 fully saturated rings. The molecule has 0 radical (unpaired) electrons. The van der Waals surface area contributed by atoms with Gasteiger partial charge in [-0.25, -0.2) is 9.97 Å². The highest BCUT2D eigenvalue weighted by Gasteiger charge is 2.21. The molecule has 29 heavy (non-hydrogen) atoms. The average molecular weight is 397 g/mol. The van der Waals surface area contributed by atoms with E-state index in [-0.39, 0.29) is 5.91 Å². The molecule has 0 aliphatic carbocycles. The van der Waals surface area contributed by atoms with E-state index in [1.54, 1.807) is 12.3 Å². The summed E-state index contributed by atoms with van der Waals surface area (Å²) in [4.78, 5) is 25.7. The second-order valence-electron chi connectivity index (χ2n) is 7.80. The van der Waals surface area contributed by atoms with Gasteiger partial charge in [0, 0.05) is 45.5 Å². The number of hydrogen-bond acceptors (Lipinski definition) is 7. The van der Waals surface area contributed by atoms with Crippen LogP contribution >= 0.6 is 0 Å². The molecule has 0 atom stereocenters. The summed E-state index contributed by atoms with van der Waals surface area (Å²) in [6.07, 6.45) is 1.66. The van der Waals surface area contributed by atoms with Crippen molar-refractivity contribution in [2.75, 3.05) is 44.4 Å². The van der Waals surface area contributed by atoms with Crippen LogP contribution in [0.1, 0.15) is 29.9 Å². The average Bonchev–Trinajstić information content (AvgIpc) is 3.20. The molecular formula is C21H27N5O3. The number of carbonyl (C=O) groups is 1. The largest absolute Gasteiger partial charge is 0.454 e. The first kappa shape index (κ1) is 19.4. The first-order valence-electron chi connectivity index (χ1n) is 10.1. The normalized spacial score (nSPS) is 16.3. The van der Waals surface area contributed by atoms with Crippen molar-refractivity contribution in [3.05, 3.63) is 41.7 Å². The summed E-state index contributed by atoms with van der Waals surface area (Å²) in [6, 6.07) is 7.77. The zero-order chi connectivity index (χ0) is 20.2. The molecule has 1 aromatic heterocycles. The number of ether oxygens (including phenoxy) is 2. The van der Waals surface area contributed by atoms with Gasteiger partial charge in [0.25, 0.3) is 5.91 Å². The summed E-state index contributed by atoms with van der Waals surface area (Å²) in [7, 11) is 0. The van der Waals surface area contributed by atoms with E-state index in [1.807, 2.05) is 6.07 Å². The quantitative estimate of drug-likeness (QED) is 0.798. The van der Waals surface area contributed by atoms with Gasteiger partial charge in [-0.05, 0) is 29.7 Å².